The molecule has 2 fully saturated rings. The molecular formula is C33H42O5. The van der Waals surface area contributed by atoms with E-state index < -0.39 is 0 Å². The number of benzene rings is 2. The van der Waals surface area contributed by atoms with Crippen LogP contribution in [0.5, 0.6) is 0 Å². The van der Waals surface area contributed by atoms with E-state index in [0.29, 0.717) is 31.8 Å². The van der Waals surface area contributed by atoms with Crippen LogP contribution in [-0.4, -0.2) is 30.9 Å². The van der Waals surface area contributed by atoms with Crippen molar-refractivity contribution in [3.8, 4) is 0 Å². The van der Waals surface area contributed by atoms with E-state index in [-0.39, 0.29) is 34.6 Å². The van der Waals surface area contributed by atoms with E-state index in [1.807, 2.05) is 36.4 Å². The number of ether oxygens (including phenoxy) is 2. The van der Waals surface area contributed by atoms with Gasteiger partial charge in [0.15, 0.2) is 0 Å². The highest BCUT2D eigenvalue weighted by molar-refractivity contribution is 5.78. The van der Waals surface area contributed by atoms with Gasteiger partial charge in [-0.1, -0.05) is 87.4 Å². The molecule has 2 heterocycles. The summed E-state index contributed by atoms with van der Waals surface area (Å²) in [6.07, 6.45) is 7.84. The van der Waals surface area contributed by atoms with Gasteiger partial charge in [0.25, 0.3) is 0 Å². The zero-order valence-corrected chi connectivity index (χ0v) is 23.0. The zero-order chi connectivity index (χ0) is 27.0. The molecule has 204 valence electrons. The Labute approximate surface area is 227 Å². The highest BCUT2D eigenvalue weighted by Gasteiger charge is 2.44. The SMILES string of the molecule is CC(CCCCC(=O)CCCCC(C)(c1ccccc1)C1CCOC1=O)(c1ccccc1)C1CCOC1=O. The molecule has 0 aliphatic carbocycles. The monoisotopic (exact) mass is 518 g/mol. The van der Waals surface area contributed by atoms with Crippen molar-refractivity contribution in [1.29, 1.82) is 0 Å². The summed E-state index contributed by atoms with van der Waals surface area (Å²) in [6.45, 7) is 5.34. The fourth-order valence-corrected chi connectivity index (χ4v) is 6.58. The third kappa shape index (κ3) is 6.36. The van der Waals surface area contributed by atoms with E-state index in [9.17, 15) is 14.4 Å². The summed E-state index contributed by atoms with van der Waals surface area (Å²) >= 11 is 0. The number of unbranched alkanes of at least 4 members (excludes halogenated alkanes) is 2. The predicted octanol–water partition coefficient (Wildman–Crippen LogP) is 6.72. The maximum Gasteiger partial charge on any atom is 0.309 e. The van der Waals surface area contributed by atoms with Crippen LogP contribution in [0, 0.1) is 11.8 Å². The van der Waals surface area contributed by atoms with Gasteiger partial charge in [-0.15, -0.1) is 0 Å². The van der Waals surface area contributed by atoms with Crippen LogP contribution in [0.1, 0.15) is 89.2 Å². The van der Waals surface area contributed by atoms with Gasteiger partial charge in [0.2, 0.25) is 0 Å². The molecule has 2 aromatic carbocycles. The average molecular weight is 519 g/mol. The first-order valence-corrected chi connectivity index (χ1v) is 14.3. The average Bonchev–Trinajstić information content (AvgIpc) is 3.58. The Hall–Kier alpha value is -2.95. The fourth-order valence-electron chi connectivity index (χ4n) is 6.58. The van der Waals surface area contributed by atoms with Gasteiger partial charge in [0, 0.05) is 23.7 Å². The van der Waals surface area contributed by atoms with E-state index >= 15 is 0 Å². The molecule has 38 heavy (non-hydrogen) atoms. The Balaban J connectivity index is 1.24. The third-order valence-corrected chi connectivity index (χ3v) is 9.08. The maximum atomic E-state index is 12.7. The highest BCUT2D eigenvalue weighted by Crippen LogP contribution is 2.43. The molecule has 2 saturated heterocycles. The minimum absolute atomic E-state index is 0.0965. The molecular weight excluding hydrogens is 476 g/mol. The fraction of sp³-hybridized carbons (Fsp3) is 0.545. The van der Waals surface area contributed by atoms with Crippen molar-refractivity contribution in [2.75, 3.05) is 13.2 Å². The topological polar surface area (TPSA) is 69.7 Å². The standard InChI is InChI=1S/C33H42O5/c1-32(25-13-5-3-6-14-25,28-19-23-37-30(28)35)21-11-9-17-27(34)18-10-12-22-33(2,26-15-7-4-8-16-26)29-20-24-38-31(29)36/h3-8,13-16,28-29H,9-12,17-24H2,1-2H3. The molecule has 0 N–H and O–H groups in total. The van der Waals surface area contributed by atoms with Crippen LogP contribution in [0.25, 0.3) is 0 Å². The summed E-state index contributed by atoms with van der Waals surface area (Å²) in [6, 6.07) is 20.5. The Kier molecular flexibility index (Phi) is 9.40. The number of hydrogen-bond donors (Lipinski definition) is 0. The van der Waals surface area contributed by atoms with Gasteiger partial charge in [-0.05, 0) is 49.7 Å². The smallest absolute Gasteiger partial charge is 0.309 e. The molecule has 0 aromatic heterocycles. The normalized spacial score (nSPS) is 22.4. The number of cyclic esters (lactones) is 2. The lowest BCUT2D eigenvalue weighted by Gasteiger charge is -2.34. The lowest BCUT2D eigenvalue weighted by molar-refractivity contribution is -0.144. The Morgan fingerprint density at radius 2 is 1.08 bits per heavy atom. The van der Waals surface area contributed by atoms with E-state index in [2.05, 4.69) is 38.1 Å². The lowest BCUT2D eigenvalue weighted by atomic mass is 9.68. The number of esters is 2. The number of ketones is 1. The Morgan fingerprint density at radius 3 is 1.42 bits per heavy atom. The summed E-state index contributed by atoms with van der Waals surface area (Å²) in [4.78, 5) is 37.6. The molecule has 0 bridgehead atoms. The minimum Gasteiger partial charge on any atom is -0.465 e. The van der Waals surface area contributed by atoms with Crippen molar-refractivity contribution in [1.82, 2.24) is 0 Å². The molecule has 0 spiro atoms. The Bertz CT molecular complexity index is 996. The molecule has 2 aliphatic rings. The van der Waals surface area contributed by atoms with Crippen LogP contribution >= 0.6 is 0 Å². The first-order chi connectivity index (χ1) is 18.3. The molecule has 0 radical (unpaired) electrons. The molecule has 4 unspecified atom stereocenters. The summed E-state index contributed by atoms with van der Waals surface area (Å²) in [7, 11) is 0. The van der Waals surface area contributed by atoms with Gasteiger partial charge in [-0.3, -0.25) is 14.4 Å². The van der Waals surface area contributed by atoms with Gasteiger partial charge < -0.3 is 9.47 Å². The van der Waals surface area contributed by atoms with Gasteiger partial charge in [0.1, 0.15) is 5.78 Å². The van der Waals surface area contributed by atoms with Crippen molar-refractivity contribution >= 4 is 17.7 Å². The van der Waals surface area contributed by atoms with E-state index in [4.69, 9.17) is 9.47 Å². The van der Waals surface area contributed by atoms with Crippen molar-refractivity contribution in [2.24, 2.45) is 11.8 Å². The number of carbonyl (C=O) groups excluding carboxylic acids is 3. The second-order valence-electron chi connectivity index (χ2n) is 11.5. The third-order valence-electron chi connectivity index (χ3n) is 9.08. The summed E-state index contributed by atoms with van der Waals surface area (Å²) in [5, 5.41) is 0. The van der Waals surface area contributed by atoms with Crippen LogP contribution in [0.4, 0.5) is 0 Å². The molecule has 4 rings (SSSR count). The minimum atomic E-state index is -0.277. The molecule has 2 aromatic rings. The summed E-state index contributed by atoms with van der Waals surface area (Å²) < 4.78 is 10.6. The van der Waals surface area contributed by atoms with Gasteiger partial charge in [0.05, 0.1) is 25.0 Å². The number of hydrogen-bond acceptors (Lipinski definition) is 5. The van der Waals surface area contributed by atoms with Crippen molar-refractivity contribution in [2.45, 2.75) is 88.9 Å². The quantitative estimate of drug-likeness (QED) is 0.205. The van der Waals surface area contributed by atoms with E-state index in [0.717, 1.165) is 51.4 Å². The number of carbonyl (C=O) groups is 3. The van der Waals surface area contributed by atoms with Gasteiger partial charge in [-0.2, -0.15) is 0 Å². The van der Waals surface area contributed by atoms with Crippen LogP contribution in [-0.2, 0) is 34.7 Å². The number of rotatable bonds is 14. The predicted molar refractivity (Wildman–Crippen MR) is 148 cm³/mol. The first-order valence-electron chi connectivity index (χ1n) is 14.3. The van der Waals surface area contributed by atoms with Crippen LogP contribution in [0.15, 0.2) is 60.7 Å². The molecule has 5 nitrogen and oxygen atoms in total. The summed E-state index contributed by atoms with van der Waals surface area (Å²) in [5.41, 5.74) is 1.79. The van der Waals surface area contributed by atoms with Gasteiger partial charge >= 0.3 is 11.9 Å². The molecule has 0 saturated carbocycles. The second-order valence-corrected chi connectivity index (χ2v) is 11.5. The van der Waals surface area contributed by atoms with E-state index in [1.165, 1.54) is 11.1 Å². The maximum absolute atomic E-state index is 12.7. The van der Waals surface area contributed by atoms with Gasteiger partial charge in [-0.25, -0.2) is 0 Å². The molecule has 2 aliphatic heterocycles. The van der Waals surface area contributed by atoms with Crippen molar-refractivity contribution in [3.63, 3.8) is 0 Å². The molecule has 0 amide bonds. The van der Waals surface area contributed by atoms with Crippen LogP contribution in [0.2, 0.25) is 0 Å². The van der Waals surface area contributed by atoms with E-state index in [1.54, 1.807) is 0 Å². The molecule has 5 heteroatoms. The van der Waals surface area contributed by atoms with Crippen molar-refractivity contribution in [3.05, 3.63) is 71.8 Å². The second kappa shape index (κ2) is 12.7. The summed E-state index contributed by atoms with van der Waals surface area (Å²) in [5.74, 6) is -0.150. The lowest BCUT2D eigenvalue weighted by Crippen LogP contribution is -2.35. The number of Topliss-reactive ketones (excluding diaryl/α,β-unsaturated/α-hetero) is 1. The van der Waals surface area contributed by atoms with Crippen LogP contribution in [0.3, 0.4) is 0 Å². The Morgan fingerprint density at radius 1 is 0.684 bits per heavy atom. The van der Waals surface area contributed by atoms with Crippen LogP contribution < -0.4 is 0 Å². The largest absolute Gasteiger partial charge is 0.465 e. The molecule has 4 atom stereocenters. The highest BCUT2D eigenvalue weighted by atomic mass is 16.5. The zero-order valence-electron chi connectivity index (χ0n) is 23.0. The first kappa shape index (κ1) is 28.1. The van der Waals surface area contributed by atoms with Crippen molar-refractivity contribution < 1.29 is 23.9 Å².